The van der Waals surface area contributed by atoms with Crippen molar-refractivity contribution in [2.45, 2.75) is 13.0 Å². The van der Waals surface area contributed by atoms with Gasteiger partial charge in [0.1, 0.15) is 5.76 Å². The molecule has 0 bridgehead atoms. The topological polar surface area (TPSA) is 87.5 Å². The molecule has 5 rings (SSSR count). The summed E-state index contributed by atoms with van der Waals surface area (Å²) in [6.45, 7) is 1.01. The van der Waals surface area contributed by atoms with E-state index in [1.807, 2.05) is 48.5 Å². The predicted molar refractivity (Wildman–Crippen MR) is 126 cm³/mol. The van der Waals surface area contributed by atoms with Crippen LogP contribution >= 0.6 is 0 Å². The number of nitrogens with one attached hydrogen (secondary N) is 2. The maximum Gasteiger partial charge on any atom is 0.257 e. The van der Waals surface area contributed by atoms with Crippen LogP contribution in [-0.4, -0.2) is 23.3 Å². The van der Waals surface area contributed by atoms with Gasteiger partial charge in [-0.05, 0) is 35.9 Å². The highest BCUT2D eigenvalue weighted by atomic mass is 16.3. The molecule has 7 nitrogen and oxygen atoms in total. The van der Waals surface area contributed by atoms with E-state index in [1.165, 1.54) is 6.39 Å². The number of carbonyl (C=O) groups is 2. The summed E-state index contributed by atoms with van der Waals surface area (Å²) in [4.78, 5) is 31.7. The fraction of sp³-hybridized carbons (Fsp3) is 0.115. The van der Waals surface area contributed by atoms with Gasteiger partial charge in [0.15, 0.2) is 6.39 Å². The second-order valence-electron chi connectivity index (χ2n) is 7.75. The second-order valence-corrected chi connectivity index (χ2v) is 7.75. The van der Waals surface area contributed by atoms with Crippen molar-refractivity contribution in [3.63, 3.8) is 0 Å². The summed E-state index contributed by atoms with van der Waals surface area (Å²) in [5.74, 6) is 0.284. The SMILES string of the molecule is O=C(NCCc1cnco1)c1ccc2c(c1)NC(=O)c1ccccc1N2Cc1ccccc1. The number of amides is 2. The number of aromatic nitrogens is 1. The maximum atomic E-state index is 13.0. The molecule has 0 saturated carbocycles. The molecule has 2 heterocycles. The molecule has 1 aromatic heterocycles. The van der Waals surface area contributed by atoms with Crippen LogP contribution in [0.2, 0.25) is 0 Å². The summed E-state index contributed by atoms with van der Waals surface area (Å²) >= 11 is 0. The lowest BCUT2D eigenvalue weighted by atomic mass is 10.1. The minimum absolute atomic E-state index is 0.203. The molecule has 0 radical (unpaired) electrons. The van der Waals surface area contributed by atoms with E-state index in [0.29, 0.717) is 42.1 Å². The number of hydrogen-bond donors (Lipinski definition) is 2. The molecule has 1 aliphatic heterocycles. The minimum atomic E-state index is -0.220. The largest absolute Gasteiger partial charge is 0.448 e. The number of nitrogens with zero attached hydrogens (tertiary/aromatic N) is 2. The number of fused-ring (bicyclic) bond motifs is 2. The first kappa shape index (κ1) is 20.5. The Balaban J connectivity index is 1.44. The lowest BCUT2D eigenvalue weighted by Gasteiger charge is -2.26. The summed E-state index contributed by atoms with van der Waals surface area (Å²) in [6.07, 6.45) is 3.54. The van der Waals surface area contributed by atoms with E-state index in [0.717, 1.165) is 16.9 Å². The smallest absolute Gasteiger partial charge is 0.257 e. The molecule has 33 heavy (non-hydrogen) atoms. The van der Waals surface area contributed by atoms with Gasteiger partial charge in [-0.3, -0.25) is 9.59 Å². The highest BCUT2D eigenvalue weighted by Crippen LogP contribution is 2.39. The van der Waals surface area contributed by atoms with E-state index >= 15 is 0 Å². The number of carbonyl (C=O) groups excluding carboxylic acids is 2. The van der Waals surface area contributed by atoms with Crippen LogP contribution in [0, 0.1) is 0 Å². The number of oxazole rings is 1. The lowest BCUT2D eigenvalue weighted by molar-refractivity contribution is 0.0952. The third-order valence-corrected chi connectivity index (χ3v) is 5.56. The highest BCUT2D eigenvalue weighted by Gasteiger charge is 2.26. The van der Waals surface area contributed by atoms with Gasteiger partial charge >= 0.3 is 0 Å². The van der Waals surface area contributed by atoms with E-state index in [2.05, 4.69) is 32.7 Å². The lowest BCUT2D eigenvalue weighted by Crippen LogP contribution is -2.26. The number of rotatable bonds is 6. The van der Waals surface area contributed by atoms with E-state index in [4.69, 9.17) is 4.42 Å². The average molecular weight is 438 g/mol. The minimum Gasteiger partial charge on any atom is -0.448 e. The van der Waals surface area contributed by atoms with Crippen molar-refractivity contribution in [2.24, 2.45) is 0 Å². The molecule has 3 aromatic carbocycles. The molecule has 2 amide bonds. The van der Waals surface area contributed by atoms with E-state index in [-0.39, 0.29) is 11.8 Å². The summed E-state index contributed by atoms with van der Waals surface area (Å²) in [5.41, 5.74) is 4.41. The number of benzene rings is 3. The summed E-state index contributed by atoms with van der Waals surface area (Å²) in [6, 6.07) is 23.0. The van der Waals surface area contributed by atoms with Crippen LogP contribution in [0.4, 0.5) is 17.1 Å². The first-order valence-corrected chi connectivity index (χ1v) is 10.7. The van der Waals surface area contributed by atoms with Crippen LogP contribution < -0.4 is 15.5 Å². The molecule has 1 aliphatic rings. The molecule has 0 spiro atoms. The second kappa shape index (κ2) is 9.00. The first-order valence-electron chi connectivity index (χ1n) is 10.7. The number of anilines is 3. The van der Waals surface area contributed by atoms with Crippen LogP contribution in [0.15, 0.2) is 89.8 Å². The van der Waals surface area contributed by atoms with Gasteiger partial charge in [-0.2, -0.15) is 0 Å². The van der Waals surface area contributed by atoms with Gasteiger partial charge < -0.3 is 20.0 Å². The van der Waals surface area contributed by atoms with E-state index in [1.54, 1.807) is 18.3 Å². The normalized spacial score (nSPS) is 12.4. The van der Waals surface area contributed by atoms with Crippen LogP contribution in [0.25, 0.3) is 0 Å². The molecule has 0 unspecified atom stereocenters. The van der Waals surface area contributed by atoms with Gasteiger partial charge in [0.05, 0.1) is 28.8 Å². The molecule has 164 valence electrons. The van der Waals surface area contributed by atoms with Crippen molar-refractivity contribution in [1.82, 2.24) is 10.3 Å². The van der Waals surface area contributed by atoms with Gasteiger partial charge in [-0.1, -0.05) is 42.5 Å². The standard InChI is InChI=1S/C26H22N4O3/c31-25(28-13-12-20-15-27-17-33-20)19-10-11-24-22(14-19)29-26(32)21-8-4-5-9-23(21)30(24)16-18-6-2-1-3-7-18/h1-11,14-15,17H,12-13,16H2,(H,28,31)(H,29,32). The predicted octanol–water partition coefficient (Wildman–Crippen LogP) is 4.55. The zero-order chi connectivity index (χ0) is 22.6. The molecule has 0 atom stereocenters. The third kappa shape index (κ3) is 4.34. The van der Waals surface area contributed by atoms with E-state index < -0.39 is 0 Å². The Morgan fingerprint density at radius 2 is 1.82 bits per heavy atom. The number of hydrogen-bond acceptors (Lipinski definition) is 5. The Labute approximate surface area is 191 Å². The molecular formula is C26H22N4O3. The molecule has 7 heteroatoms. The van der Waals surface area contributed by atoms with Crippen molar-refractivity contribution in [2.75, 3.05) is 16.8 Å². The zero-order valence-electron chi connectivity index (χ0n) is 17.8. The molecule has 0 saturated heterocycles. The highest BCUT2D eigenvalue weighted by molar-refractivity contribution is 6.13. The van der Waals surface area contributed by atoms with Gasteiger partial charge in [-0.15, -0.1) is 0 Å². The van der Waals surface area contributed by atoms with Gasteiger partial charge in [0.2, 0.25) is 0 Å². The van der Waals surface area contributed by atoms with Gasteiger partial charge in [0, 0.05) is 25.1 Å². The van der Waals surface area contributed by atoms with Crippen LogP contribution in [-0.2, 0) is 13.0 Å². The Hall–Kier alpha value is -4.39. The van der Waals surface area contributed by atoms with Crippen molar-refractivity contribution >= 4 is 28.9 Å². The van der Waals surface area contributed by atoms with Crippen LogP contribution in [0.5, 0.6) is 0 Å². The van der Waals surface area contributed by atoms with Crippen molar-refractivity contribution in [1.29, 1.82) is 0 Å². The third-order valence-electron chi connectivity index (χ3n) is 5.56. The zero-order valence-corrected chi connectivity index (χ0v) is 17.8. The Morgan fingerprint density at radius 1 is 1.00 bits per heavy atom. The van der Waals surface area contributed by atoms with Crippen molar-refractivity contribution in [3.05, 3.63) is 108 Å². The van der Waals surface area contributed by atoms with E-state index in [9.17, 15) is 9.59 Å². The molecule has 0 aliphatic carbocycles. The maximum absolute atomic E-state index is 13.0. The Kier molecular flexibility index (Phi) is 5.59. The van der Waals surface area contributed by atoms with Crippen molar-refractivity contribution < 1.29 is 14.0 Å². The summed E-state index contributed by atoms with van der Waals surface area (Å²) in [5, 5.41) is 5.87. The van der Waals surface area contributed by atoms with Crippen LogP contribution in [0.3, 0.4) is 0 Å². The van der Waals surface area contributed by atoms with Crippen LogP contribution in [0.1, 0.15) is 32.0 Å². The first-order chi connectivity index (χ1) is 16.2. The Bertz CT molecular complexity index is 1290. The fourth-order valence-electron chi connectivity index (χ4n) is 3.94. The molecule has 2 N–H and O–H groups in total. The quantitative estimate of drug-likeness (QED) is 0.461. The molecular weight excluding hydrogens is 416 g/mol. The molecule has 0 fully saturated rings. The monoisotopic (exact) mass is 438 g/mol. The molecule has 4 aromatic rings. The number of para-hydroxylation sites is 1. The van der Waals surface area contributed by atoms with Gasteiger partial charge in [-0.25, -0.2) is 4.98 Å². The summed E-state index contributed by atoms with van der Waals surface area (Å²) in [7, 11) is 0. The van der Waals surface area contributed by atoms with Gasteiger partial charge in [0.25, 0.3) is 11.8 Å². The summed E-state index contributed by atoms with van der Waals surface area (Å²) < 4.78 is 5.20. The fourth-order valence-corrected chi connectivity index (χ4v) is 3.94. The van der Waals surface area contributed by atoms with Crippen molar-refractivity contribution in [3.8, 4) is 0 Å². The Morgan fingerprint density at radius 3 is 2.64 bits per heavy atom. The average Bonchev–Trinajstić information content (AvgIpc) is 3.33.